The number of hydrogen-bond donors (Lipinski definition) is 0. The number of benzene rings is 1. The standard InChI is InChI=1S/C20H21N3O2S/c1-15-10-18-5-3-8-22-20(18)19(11-15)26(24,25)23-9-6-17(14-23)12-16-4-2-7-21-13-16/h2-5,7-8,10-11,13,17H,6,9,12,14H2,1H3. The minimum atomic E-state index is -3.56. The Labute approximate surface area is 153 Å². The number of pyridine rings is 2. The van der Waals surface area contributed by atoms with Gasteiger partial charge < -0.3 is 0 Å². The highest BCUT2D eigenvalue weighted by Crippen LogP contribution is 2.30. The van der Waals surface area contributed by atoms with Crippen LogP contribution in [-0.2, 0) is 16.4 Å². The fraction of sp³-hybridized carbons (Fsp3) is 0.300. The van der Waals surface area contributed by atoms with Crippen LogP contribution in [0.15, 0.2) is 59.9 Å². The summed E-state index contributed by atoms with van der Waals surface area (Å²) in [5, 5.41) is 0.859. The molecule has 6 heteroatoms. The largest absolute Gasteiger partial charge is 0.264 e. The molecule has 26 heavy (non-hydrogen) atoms. The second kappa shape index (κ2) is 6.78. The summed E-state index contributed by atoms with van der Waals surface area (Å²) in [5.41, 5.74) is 2.63. The zero-order valence-corrected chi connectivity index (χ0v) is 15.5. The van der Waals surface area contributed by atoms with E-state index in [0.717, 1.165) is 29.4 Å². The van der Waals surface area contributed by atoms with Crippen molar-refractivity contribution in [3.8, 4) is 0 Å². The maximum atomic E-state index is 13.3. The highest BCUT2D eigenvalue weighted by Gasteiger charge is 2.34. The molecule has 0 saturated carbocycles. The molecule has 0 bridgehead atoms. The molecule has 134 valence electrons. The second-order valence-corrected chi connectivity index (χ2v) is 8.83. The van der Waals surface area contributed by atoms with Gasteiger partial charge in [0.2, 0.25) is 10.0 Å². The topological polar surface area (TPSA) is 63.2 Å². The number of aryl methyl sites for hydroxylation is 1. The lowest BCUT2D eigenvalue weighted by Crippen LogP contribution is -2.29. The van der Waals surface area contributed by atoms with E-state index in [1.807, 2.05) is 43.5 Å². The Morgan fingerprint density at radius 1 is 1.19 bits per heavy atom. The van der Waals surface area contributed by atoms with Gasteiger partial charge in [-0.1, -0.05) is 12.1 Å². The van der Waals surface area contributed by atoms with E-state index in [9.17, 15) is 8.42 Å². The van der Waals surface area contributed by atoms with Crippen LogP contribution in [0.2, 0.25) is 0 Å². The molecular weight excluding hydrogens is 346 g/mol. The molecule has 3 heterocycles. The average Bonchev–Trinajstić information content (AvgIpc) is 3.11. The van der Waals surface area contributed by atoms with Gasteiger partial charge in [0.25, 0.3) is 0 Å². The van der Waals surface area contributed by atoms with E-state index in [0.29, 0.717) is 29.4 Å². The molecule has 1 aliphatic heterocycles. The lowest BCUT2D eigenvalue weighted by Gasteiger charge is -2.18. The molecule has 0 spiro atoms. The zero-order chi connectivity index (χ0) is 18.1. The van der Waals surface area contributed by atoms with Gasteiger partial charge in [-0.15, -0.1) is 0 Å². The summed E-state index contributed by atoms with van der Waals surface area (Å²) < 4.78 is 28.2. The van der Waals surface area contributed by atoms with Crippen molar-refractivity contribution in [2.24, 2.45) is 5.92 Å². The highest BCUT2D eigenvalue weighted by atomic mass is 32.2. The minimum absolute atomic E-state index is 0.315. The monoisotopic (exact) mass is 367 g/mol. The van der Waals surface area contributed by atoms with Gasteiger partial charge in [-0.3, -0.25) is 9.97 Å². The first-order chi connectivity index (χ1) is 12.5. The van der Waals surface area contributed by atoms with Crippen LogP contribution >= 0.6 is 0 Å². The summed E-state index contributed by atoms with van der Waals surface area (Å²) in [6.45, 7) is 3.01. The van der Waals surface area contributed by atoms with Crippen LogP contribution in [0.3, 0.4) is 0 Å². The molecule has 5 nitrogen and oxygen atoms in total. The van der Waals surface area contributed by atoms with Crippen LogP contribution in [0.1, 0.15) is 17.5 Å². The second-order valence-electron chi connectivity index (χ2n) is 6.92. The third-order valence-electron chi connectivity index (χ3n) is 4.93. The minimum Gasteiger partial charge on any atom is -0.264 e. The van der Waals surface area contributed by atoms with Gasteiger partial charge in [0, 0.05) is 37.1 Å². The summed E-state index contributed by atoms with van der Waals surface area (Å²) >= 11 is 0. The Kier molecular flexibility index (Phi) is 4.46. The molecule has 1 aliphatic rings. The van der Waals surface area contributed by atoms with Crippen LogP contribution in [0, 0.1) is 12.8 Å². The number of hydrogen-bond acceptors (Lipinski definition) is 4. The molecule has 0 radical (unpaired) electrons. The lowest BCUT2D eigenvalue weighted by molar-refractivity contribution is 0.456. The van der Waals surface area contributed by atoms with E-state index in [-0.39, 0.29) is 0 Å². The molecule has 1 saturated heterocycles. The van der Waals surface area contributed by atoms with Crippen molar-refractivity contribution in [2.45, 2.75) is 24.7 Å². The van der Waals surface area contributed by atoms with E-state index < -0.39 is 10.0 Å². The first-order valence-corrected chi connectivity index (χ1v) is 10.2. The molecule has 0 amide bonds. The van der Waals surface area contributed by atoms with Gasteiger partial charge in [-0.05, 0) is 61.1 Å². The number of sulfonamides is 1. The summed E-state index contributed by atoms with van der Waals surface area (Å²) in [6.07, 6.45) is 6.98. The maximum absolute atomic E-state index is 13.3. The van der Waals surface area contributed by atoms with Crippen molar-refractivity contribution >= 4 is 20.9 Å². The lowest BCUT2D eigenvalue weighted by atomic mass is 10.0. The third-order valence-corrected chi connectivity index (χ3v) is 6.81. The highest BCUT2D eigenvalue weighted by molar-refractivity contribution is 7.89. The Bertz CT molecular complexity index is 1040. The Balaban J connectivity index is 1.62. The molecule has 0 N–H and O–H groups in total. The third kappa shape index (κ3) is 3.22. The Morgan fingerprint density at radius 2 is 2.04 bits per heavy atom. The normalized spacial score (nSPS) is 18.4. The molecule has 2 aromatic heterocycles. The van der Waals surface area contributed by atoms with E-state index in [2.05, 4.69) is 9.97 Å². The van der Waals surface area contributed by atoms with E-state index in [1.54, 1.807) is 22.8 Å². The molecule has 0 aliphatic carbocycles. The molecule has 1 aromatic carbocycles. The average molecular weight is 367 g/mol. The van der Waals surface area contributed by atoms with Crippen LogP contribution in [-0.4, -0.2) is 35.8 Å². The molecule has 3 aromatic rings. The first-order valence-electron chi connectivity index (χ1n) is 8.78. The number of nitrogens with zero attached hydrogens (tertiary/aromatic N) is 3. The van der Waals surface area contributed by atoms with E-state index in [1.165, 1.54) is 0 Å². The van der Waals surface area contributed by atoms with Gasteiger partial charge in [-0.25, -0.2) is 8.42 Å². The quantitative estimate of drug-likeness (QED) is 0.710. The summed E-state index contributed by atoms with van der Waals surface area (Å²) in [5.74, 6) is 0.318. The van der Waals surface area contributed by atoms with Crippen LogP contribution in [0.4, 0.5) is 0 Å². The van der Waals surface area contributed by atoms with Crippen LogP contribution < -0.4 is 0 Å². The van der Waals surface area contributed by atoms with Gasteiger partial charge in [-0.2, -0.15) is 4.31 Å². The van der Waals surface area contributed by atoms with Crippen molar-refractivity contribution in [1.29, 1.82) is 0 Å². The molecule has 1 fully saturated rings. The van der Waals surface area contributed by atoms with Gasteiger partial charge in [0.1, 0.15) is 4.90 Å². The molecule has 1 atom stereocenters. The van der Waals surface area contributed by atoms with Crippen LogP contribution in [0.25, 0.3) is 10.9 Å². The van der Waals surface area contributed by atoms with Crippen molar-refractivity contribution in [3.63, 3.8) is 0 Å². The van der Waals surface area contributed by atoms with Crippen molar-refractivity contribution in [3.05, 3.63) is 66.1 Å². The SMILES string of the molecule is Cc1cc(S(=O)(=O)N2CCC(Cc3cccnc3)C2)c2ncccc2c1. The maximum Gasteiger partial charge on any atom is 0.245 e. The predicted octanol–water partition coefficient (Wildman–Crippen LogP) is 3.19. The Morgan fingerprint density at radius 3 is 2.85 bits per heavy atom. The summed E-state index contributed by atoms with van der Waals surface area (Å²) in [7, 11) is -3.56. The fourth-order valence-electron chi connectivity index (χ4n) is 3.67. The molecular formula is C20H21N3O2S. The summed E-state index contributed by atoms with van der Waals surface area (Å²) in [6, 6.07) is 11.4. The Hall–Kier alpha value is -2.31. The van der Waals surface area contributed by atoms with Crippen LogP contribution in [0.5, 0.6) is 0 Å². The number of aromatic nitrogens is 2. The zero-order valence-electron chi connectivity index (χ0n) is 14.7. The van der Waals surface area contributed by atoms with E-state index in [4.69, 9.17) is 0 Å². The van der Waals surface area contributed by atoms with Crippen molar-refractivity contribution in [2.75, 3.05) is 13.1 Å². The van der Waals surface area contributed by atoms with Gasteiger partial charge in [0.05, 0.1) is 5.52 Å². The van der Waals surface area contributed by atoms with Gasteiger partial charge >= 0.3 is 0 Å². The van der Waals surface area contributed by atoms with E-state index >= 15 is 0 Å². The fourth-order valence-corrected chi connectivity index (χ4v) is 5.45. The predicted molar refractivity (Wildman–Crippen MR) is 101 cm³/mol. The molecule has 4 rings (SSSR count). The smallest absolute Gasteiger partial charge is 0.245 e. The molecule has 1 unspecified atom stereocenters. The first kappa shape index (κ1) is 17.1. The van der Waals surface area contributed by atoms with Crippen molar-refractivity contribution < 1.29 is 8.42 Å². The van der Waals surface area contributed by atoms with Crippen molar-refractivity contribution in [1.82, 2.24) is 14.3 Å². The van der Waals surface area contributed by atoms with Gasteiger partial charge in [0.15, 0.2) is 0 Å². The summed E-state index contributed by atoms with van der Waals surface area (Å²) in [4.78, 5) is 8.79. The number of rotatable bonds is 4. The number of fused-ring (bicyclic) bond motifs is 1.